The van der Waals surface area contributed by atoms with Crippen molar-refractivity contribution in [1.82, 2.24) is 9.62 Å². The number of rotatable bonds is 7. The van der Waals surface area contributed by atoms with Crippen LogP contribution in [-0.4, -0.2) is 62.5 Å². The van der Waals surface area contributed by atoms with Gasteiger partial charge in [0, 0.05) is 25.2 Å². The monoisotopic (exact) mass is 426 g/mol. The Hall–Kier alpha value is -1.97. The Morgan fingerprint density at radius 2 is 1.69 bits per heavy atom. The predicted molar refractivity (Wildman–Crippen MR) is 108 cm³/mol. The molecule has 3 atom stereocenters. The maximum Gasteiger partial charge on any atom is 0.310 e. The highest BCUT2D eigenvalue weighted by Gasteiger charge is 2.32. The smallest absolute Gasteiger partial charge is 0.310 e. The lowest BCUT2D eigenvalue weighted by atomic mass is 10.1. The number of benzene rings is 1. The van der Waals surface area contributed by atoms with Crippen molar-refractivity contribution >= 4 is 21.9 Å². The van der Waals surface area contributed by atoms with Crippen LogP contribution in [0.1, 0.15) is 45.0 Å². The fraction of sp³-hybridized carbons (Fsp3) is 0.600. The fourth-order valence-corrected chi connectivity index (χ4v) is 4.62. The van der Waals surface area contributed by atoms with E-state index in [4.69, 9.17) is 9.47 Å². The Morgan fingerprint density at radius 3 is 2.21 bits per heavy atom. The van der Waals surface area contributed by atoms with E-state index in [-0.39, 0.29) is 41.6 Å². The number of ether oxygens (including phenoxy) is 2. The van der Waals surface area contributed by atoms with E-state index in [9.17, 15) is 18.0 Å². The van der Waals surface area contributed by atoms with Crippen molar-refractivity contribution < 1.29 is 27.5 Å². The van der Waals surface area contributed by atoms with Gasteiger partial charge in [-0.2, -0.15) is 4.31 Å². The molecule has 1 amide bonds. The second-order valence-corrected chi connectivity index (χ2v) is 9.64. The minimum atomic E-state index is -3.66. The van der Waals surface area contributed by atoms with Crippen LogP contribution in [-0.2, 0) is 24.3 Å². The van der Waals surface area contributed by atoms with E-state index in [1.54, 1.807) is 20.8 Å². The third-order valence-electron chi connectivity index (χ3n) is 4.46. The number of nitrogens with zero attached hydrogens (tertiary/aromatic N) is 1. The lowest BCUT2D eigenvalue weighted by Crippen LogP contribution is -2.48. The number of nitrogens with one attached hydrogen (secondary N) is 1. The van der Waals surface area contributed by atoms with Crippen LogP contribution in [0, 0.1) is 5.92 Å². The molecule has 9 heteroatoms. The molecule has 1 N–H and O–H groups in total. The van der Waals surface area contributed by atoms with Crippen molar-refractivity contribution in [3.05, 3.63) is 29.8 Å². The first kappa shape index (κ1) is 23.3. The number of morpholine rings is 1. The van der Waals surface area contributed by atoms with E-state index < -0.39 is 15.9 Å². The molecular weight excluding hydrogens is 396 g/mol. The number of esters is 1. The first-order valence-corrected chi connectivity index (χ1v) is 11.2. The largest absolute Gasteiger partial charge is 0.463 e. The quantitative estimate of drug-likeness (QED) is 0.667. The van der Waals surface area contributed by atoms with Crippen molar-refractivity contribution in [2.24, 2.45) is 5.92 Å². The third kappa shape index (κ3) is 6.25. The molecule has 162 valence electrons. The molecule has 0 aliphatic carbocycles. The molecular formula is C20H30N2O6S. The van der Waals surface area contributed by atoms with Gasteiger partial charge in [-0.3, -0.25) is 9.59 Å². The summed E-state index contributed by atoms with van der Waals surface area (Å²) in [6.45, 7) is 9.58. The molecule has 0 bridgehead atoms. The average Bonchev–Trinajstić information content (AvgIpc) is 2.64. The van der Waals surface area contributed by atoms with Gasteiger partial charge in [0.2, 0.25) is 10.0 Å². The van der Waals surface area contributed by atoms with Gasteiger partial charge in [-0.25, -0.2) is 8.42 Å². The summed E-state index contributed by atoms with van der Waals surface area (Å²) in [5, 5.41) is 2.67. The molecule has 1 heterocycles. The number of sulfonamides is 1. The number of hydrogen-bond acceptors (Lipinski definition) is 6. The summed E-state index contributed by atoms with van der Waals surface area (Å²) < 4.78 is 37.8. The number of carbonyl (C=O) groups is 2. The van der Waals surface area contributed by atoms with Gasteiger partial charge in [0.05, 0.1) is 29.1 Å². The second kappa shape index (κ2) is 9.69. The van der Waals surface area contributed by atoms with Crippen LogP contribution >= 0.6 is 0 Å². The first-order chi connectivity index (χ1) is 13.5. The third-order valence-corrected chi connectivity index (χ3v) is 6.31. The highest BCUT2D eigenvalue weighted by Crippen LogP contribution is 2.21. The second-order valence-electron chi connectivity index (χ2n) is 7.70. The zero-order chi connectivity index (χ0) is 21.8. The molecule has 1 aliphatic rings. The maximum absolute atomic E-state index is 12.9. The lowest BCUT2D eigenvalue weighted by Gasteiger charge is -2.34. The van der Waals surface area contributed by atoms with Gasteiger partial charge in [0.25, 0.3) is 5.91 Å². The molecule has 8 nitrogen and oxygen atoms in total. The molecule has 0 aromatic heterocycles. The van der Waals surface area contributed by atoms with Gasteiger partial charge in [0.15, 0.2) is 0 Å². The van der Waals surface area contributed by atoms with Crippen LogP contribution in [0.15, 0.2) is 29.2 Å². The van der Waals surface area contributed by atoms with Gasteiger partial charge >= 0.3 is 5.97 Å². The van der Waals surface area contributed by atoms with Crippen LogP contribution in [0.5, 0.6) is 0 Å². The van der Waals surface area contributed by atoms with E-state index in [0.29, 0.717) is 18.7 Å². The van der Waals surface area contributed by atoms with Crippen molar-refractivity contribution in [3.8, 4) is 0 Å². The topological polar surface area (TPSA) is 102 Å². The minimum absolute atomic E-state index is 0.129. The summed E-state index contributed by atoms with van der Waals surface area (Å²) >= 11 is 0. The van der Waals surface area contributed by atoms with Gasteiger partial charge in [-0.15, -0.1) is 0 Å². The molecule has 1 aromatic rings. The molecule has 1 saturated heterocycles. The Kier molecular flexibility index (Phi) is 7.79. The molecule has 29 heavy (non-hydrogen) atoms. The molecule has 1 fully saturated rings. The number of carbonyl (C=O) groups excluding carboxylic acids is 2. The van der Waals surface area contributed by atoms with Crippen molar-refractivity contribution in [2.75, 3.05) is 19.6 Å². The lowest BCUT2D eigenvalue weighted by molar-refractivity contribution is -0.151. The first-order valence-electron chi connectivity index (χ1n) is 9.75. The van der Waals surface area contributed by atoms with Crippen LogP contribution < -0.4 is 5.32 Å². The van der Waals surface area contributed by atoms with E-state index in [2.05, 4.69) is 5.32 Å². The molecule has 1 aromatic carbocycles. The van der Waals surface area contributed by atoms with Gasteiger partial charge < -0.3 is 14.8 Å². The maximum atomic E-state index is 12.9. The van der Waals surface area contributed by atoms with Gasteiger partial charge in [-0.1, -0.05) is 6.92 Å². The van der Waals surface area contributed by atoms with Crippen LogP contribution in [0.3, 0.4) is 0 Å². The van der Waals surface area contributed by atoms with Gasteiger partial charge in [-0.05, 0) is 52.0 Å². The molecule has 0 radical (unpaired) electrons. The summed E-state index contributed by atoms with van der Waals surface area (Å²) in [6, 6.07) is 5.77. The highest BCUT2D eigenvalue weighted by molar-refractivity contribution is 7.89. The summed E-state index contributed by atoms with van der Waals surface area (Å²) in [7, 11) is -3.66. The highest BCUT2D eigenvalue weighted by atomic mass is 32.2. The summed E-state index contributed by atoms with van der Waals surface area (Å²) in [6.07, 6.45) is -0.571. The Bertz CT molecular complexity index is 812. The van der Waals surface area contributed by atoms with E-state index in [1.807, 2.05) is 13.8 Å². The Labute approximate surface area is 172 Å². The summed E-state index contributed by atoms with van der Waals surface area (Å²) in [4.78, 5) is 24.2. The van der Waals surface area contributed by atoms with Crippen LogP contribution in [0.2, 0.25) is 0 Å². The molecule has 0 unspecified atom stereocenters. The fourth-order valence-electron chi connectivity index (χ4n) is 3.03. The normalized spacial score (nSPS) is 21.6. The standard InChI is InChI=1S/C20H30N2O6S/c1-13(2)27-20(24)14(3)10-21-19(23)17-6-8-18(9-7-17)29(25,26)22-11-15(4)28-16(5)12-22/h6-9,13-16H,10-12H2,1-5H3,(H,21,23)/t14-,15-,16-/m1/s1. The van der Waals surface area contributed by atoms with E-state index >= 15 is 0 Å². The van der Waals surface area contributed by atoms with Crippen LogP contribution in [0.25, 0.3) is 0 Å². The number of amides is 1. The van der Waals surface area contributed by atoms with Crippen molar-refractivity contribution in [1.29, 1.82) is 0 Å². The molecule has 0 saturated carbocycles. The molecule has 0 spiro atoms. The molecule has 1 aliphatic heterocycles. The average molecular weight is 427 g/mol. The van der Waals surface area contributed by atoms with Crippen molar-refractivity contribution in [3.63, 3.8) is 0 Å². The molecule has 2 rings (SSSR count). The van der Waals surface area contributed by atoms with Crippen molar-refractivity contribution in [2.45, 2.75) is 57.8 Å². The zero-order valence-electron chi connectivity index (χ0n) is 17.5. The summed E-state index contributed by atoms with van der Waals surface area (Å²) in [5.74, 6) is -1.24. The SMILES string of the molecule is CC(C)OC(=O)[C@H](C)CNC(=O)c1ccc(S(=O)(=O)N2C[C@@H](C)O[C@H](C)C2)cc1. The van der Waals surface area contributed by atoms with Gasteiger partial charge in [0.1, 0.15) is 0 Å². The minimum Gasteiger partial charge on any atom is -0.463 e. The Balaban J connectivity index is 2.00. The Morgan fingerprint density at radius 1 is 1.14 bits per heavy atom. The number of hydrogen-bond donors (Lipinski definition) is 1. The summed E-state index contributed by atoms with van der Waals surface area (Å²) in [5.41, 5.74) is 0.317. The van der Waals surface area contributed by atoms with E-state index in [1.165, 1.54) is 28.6 Å². The van der Waals surface area contributed by atoms with Crippen LogP contribution in [0.4, 0.5) is 0 Å². The van der Waals surface area contributed by atoms with E-state index in [0.717, 1.165) is 0 Å². The zero-order valence-corrected chi connectivity index (χ0v) is 18.4. The predicted octanol–water partition coefficient (Wildman–Crippen LogP) is 1.80.